The standard InChI is InChI=1S/C16H20N4O4/c1-9(2)8-13(16(23)24)17-14(21)10(3)20-15(22)11-6-4-5-7-12(11)18-19-20/h4-7,9-10,13H,8H2,1-3H3,(H,17,21)(H,23,24). The minimum atomic E-state index is -1.11. The molecular formula is C16H20N4O4. The molecule has 0 saturated carbocycles. The van der Waals surface area contributed by atoms with Crippen molar-refractivity contribution < 1.29 is 14.7 Å². The molecule has 2 unspecified atom stereocenters. The first-order valence-electron chi connectivity index (χ1n) is 7.68. The van der Waals surface area contributed by atoms with Crippen LogP contribution in [0.4, 0.5) is 0 Å². The van der Waals surface area contributed by atoms with Crippen molar-refractivity contribution in [1.29, 1.82) is 0 Å². The summed E-state index contributed by atoms with van der Waals surface area (Å²) in [6, 6.07) is 4.71. The number of aliphatic carboxylic acids is 1. The van der Waals surface area contributed by atoms with Gasteiger partial charge in [0.15, 0.2) is 0 Å². The molecule has 0 aliphatic carbocycles. The zero-order valence-corrected chi connectivity index (χ0v) is 13.8. The molecule has 1 heterocycles. The largest absolute Gasteiger partial charge is 0.480 e. The molecule has 24 heavy (non-hydrogen) atoms. The average molecular weight is 332 g/mol. The summed E-state index contributed by atoms with van der Waals surface area (Å²) in [5.74, 6) is -1.60. The fourth-order valence-corrected chi connectivity index (χ4v) is 2.35. The van der Waals surface area contributed by atoms with Gasteiger partial charge in [-0.25, -0.2) is 4.79 Å². The van der Waals surface area contributed by atoms with E-state index in [1.165, 1.54) is 6.92 Å². The Balaban J connectivity index is 2.26. The molecule has 0 spiro atoms. The average Bonchev–Trinajstić information content (AvgIpc) is 2.53. The van der Waals surface area contributed by atoms with Crippen molar-refractivity contribution in [3.8, 4) is 0 Å². The van der Waals surface area contributed by atoms with Crippen LogP contribution in [0.2, 0.25) is 0 Å². The number of hydrogen-bond acceptors (Lipinski definition) is 5. The predicted octanol–water partition coefficient (Wildman–Crippen LogP) is 0.968. The Morgan fingerprint density at radius 2 is 1.92 bits per heavy atom. The van der Waals surface area contributed by atoms with E-state index in [9.17, 15) is 19.5 Å². The SMILES string of the molecule is CC(C)CC(NC(=O)C(C)n1nnc2ccccc2c1=O)C(=O)O. The molecule has 0 bridgehead atoms. The molecule has 8 heteroatoms. The molecule has 2 N–H and O–H groups in total. The highest BCUT2D eigenvalue weighted by Crippen LogP contribution is 2.09. The van der Waals surface area contributed by atoms with Gasteiger partial charge in [-0.2, -0.15) is 4.68 Å². The lowest BCUT2D eigenvalue weighted by Crippen LogP contribution is -2.46. The highest BCUT2D eigenvalue weighted by Gasteiger charge is 2.26. The lowest BCUT2D eigenvalue weighted by Gasteiger charge is -2.19. The summed E-state index contributed by atoms with van der Waals surface area (Å²) in [4.78, 5) is 36.0. The Hall–Kier alpha value is -2.77. The van der Waals surface area contributed by atoms with Crippen molar-refractivity contribution in [1.82, 2.24) is 20.3 Å². The normalized spacial score (nSPS) is 13.7. The van der Waals surface area contributed by atoms with Gasteiger partial charge >= 0.3 is 5.97 Å². The zero-order chi connectivity index (χ0) is 17.9. The predicted molar refractivity (Wildman–Crippen MR) is 87.5 cm³/mol. The molecule has 0 fully saturated rings. The van der Waals surface area contributed by atoms with E-state index in [0.29, 0.717) is 17.3 Å². The summed E-state index contributed by atoms with van der Waals surface area (Å²) in [7, 11) is 0. The number of hydrogen-bond donors (Lipinski definition) is 2. The molecule has 0 saturated heterocycles. The number of nitrogens with one attached hydrogen (secondary N) is 1. The lowest BCUT2D eigenvalue weighted by atomic mass is 10.0. The number of carbonyl (C=O) groups excluding carboxylic acids is 1. The third-order valence-corrected chi connectivity index (χ3v) is 3.66. The second-order valence-corrected chi connectivity index (χ2v) is 6.06. The number of aromatic nitrogens is 3. The number of amides is 1. The summed E-state index contributed by atoms with van der Waals surface area (Å²) in [5.41, 5.74) is -0.00596. The van der Waals surface area contributed by atoms with Gasteiger partial charge in [0.25, 0.3) is 5.56 Å². The maximum atomic E-state index is 12.4. The highest BCUT2D eigenvalue weighted by atomic mass is 16.4. The van der Waals surface area contributed by atoms with Gasteiger partial charge in [-0.05, 0) is 31.4 Å². The molecule has 128 valence electrons. The van der Waals surface area contributed by atoms with Crippen molar-refractivity contribution in [3.63, 3.8) is 0 Å². The van der Waals surface area contributed by atoms with Gasteiger partial charge in [0.1, 0.15) is 17.6 Å². The fraction of sp³-hybridized carbons (Fsp3) is 0.438. The van der Waals surface area contributed by atoms with Crippen LogP contribution in [0.1, 0.15) is 33.2 Å². The van der Waals surface area contributed by atoms with Crippen LogP contribution in [0.15, 0.2) is 29.1 Å². The Morgan fingerprint density at radius 1 is 1.25 bits per heavy atom. The van der Waals surface area contributed by atoms with Crippen molar-refractivity contribution in [3.05, 3.63) is 34.6 Å². The lowest BCUT2D eigenvalue weighted by molar-refractivity contribution is -0.142. The second kappa shape index (κ2) is 7.20. The molecule has 1 aromatic heterocycles. The van der Waals surface area contributed by atoms with Gasteiger partial charge in [0.2, 0.25) is 5.91 Å². The summed E-state index contributed by atoms with van der Waals surface area (Å²) >= 11 is 0. The Kier molecular flexibility index (Phi) is 5.28. The summed E-state index contributed by atoms with van der Waals surface area (Å²) in [5, 5.41) is 19.7. The zero-order valence-electron chi connectivity index (χ0n) is 13.8. The number of carbonyl (C=O) groups is 2. The summed E-state index contributed by atoms with van der Waals surface area (Å²) in [6.45, 7) is 5.21. The van der Waals surface area contributed by atoms with Gasteiger partial charge in [0.05, 0.1) is 5.39 Å². The fourth-order valence-electron chi connectivity index (χ4n) is 2.35. The maximum absolute atomic E-state index is 12.4. The van der Waals surface area contributed by atoms with Gasteiger partial charge in [-0.1, -0.05) is 31.2 Å². The molecule has 2 atom stereocenters. The maximum Gasteiger partial charge on any atom is 0.326 e. The van der Waals surface area contributed by atoms with E-state index in [4.69, 9.17) is 0 Å². The molecule has 2 rings (SSSR count). The van der Waals surface area contributed by atoms with Crippen molar-refractivity contribution in [2.45, 2.75) is 39.3 Å². The van der Waals surface area contributed by atoms with Gasteiger partial charge in [-0.3, -0.25) is 9.59 Å². The Labute approximate surface area is 138 Å². The third kappa shape index (κ3) is 3.76. The molecule has 0 aliphatic rings. The number of benzene rings is 1. The number of carboxylic acids is 1. The van der Waals surface area contributed by atoms with Gasteiger partial charge in [0, 0.05) is 0 Å². The minimum Gasteiger partial charge on any atom is -0.480 e. The molecule has 1 amide bonds. The number of fused-ring (bicyclic) bond motifs is 1. The van der Waals surface area contributed by atoms with Crippen LogP contribution < -0.4 is 10.9 Å². The van der Waals surface area contributed by atoms with Crippen molar-refractivity contribution >= 4 is 22.8 Å². The molecule has 0 radical (unpaired) electrons. The van der Waals surface area contributed by atoms with E-state index < -0.39 is 29.5 Å². The topological polar surface area (TPSA) is 114 Å². The second-order valence-electron chi connectivity index (χ2n) is 6.06. The van der Waals surface area contributed by atoms with Crippen molar-refractivity contribution in [2.75, 3.05) is 0 Å². The molecule has 1 aromatic carbocycles. The Morgan fingerprint density at radius 3 is 2.54 bits per heavy atom. The third-order valence-electron chi connectivity index (χ3n) is 3.66. The molecule has 2 aromatic rings. The van der Waals surface area contributed by atoms with Crippen LogP contribution in [-0.4, -0.2) is 38.0 Å². The van der Waals surface area contributed by atoms with E-state index in [2.05, 4.69) is 15.6 Å². The van der Waals surface area contributed by atoms with Crippen molar-refractivity contribution in [2.24, 2.45) is 5.92 Å². The number of rotatable bonds is 6. The smallest absolute Gasteiger partial charge is 0.326 e. The first-order valence-corrected chi connectivity index (χ1v) is 7.68. The quantitative estimate of drug-likeness (QED) is 0.814. The monoisotopic (exact) mass is 332 g/mol. The van der Waals surface area contributed by atoms with E-state index in [1.54, 1.807) is 24.3 Å². The number of nitrogens with zero attached hydrogens (tertiary/aromatic N) is 3. The molecule has 0 aliphatic heterocycles. The van der Waals surface area contributed by atoms with Crippen LogP contribution >= 0.6 is 0 Å². The van der Waals surface area contributed by atoms with Gasteiger partial charge in [-0.15, -0.1) is 5.10 Å². The van der Waals surface area contributed by atoms with E-state index >= 15 is 0 Å². The van der Waals surface area contributed by atoms with Crippen LogP contribution in [-0.2, 0) is 9.59 Å². The van der Waals surface area contributed by atoms with E-state index in [0.717, 1.165) is 4.68 Å². The summed E-state index contributed by atoms with van der Waals surface area (Å²) < 4.78 is 0.964. The first kappa shape index (κ1) is 17.6. The molecule has 8 nitrogen and oxygen atoms in total. The van der Waals surface area contributed by atoms with Crippen LogP contribution in [0.25, 0.3) is 10.9 Å². The van der Waals surface area contributed by atoms with Crippen LogP contribution in [0, 0.1) is 5.92 Å². The van der Waals surface area contributed by atoms with Crippen LogP contribution in [0.3, 0.4) is 0 Å². The molecular weight excluding hydrogens is 312 g/mol. The highest BCUT2D eigenvalue weighted by molar-refractivity contribution is 5.86. The van der Waals surface area contributed by atoms with Gasteiger partial charge < -0.3 is 10.4 Å². The van der Waals surface area contributed by atoms with E-state index in [1.807, 2.05) is 13.8 Å². The van der Waals surface area contributed by atoms with E-state index in [-0.39, 0.29) is 5.92 Å². The number of carboxylic acid groups (broad SMARTS) is 1. The first-order chi connectivity index (χ1) is 11.3. The van der Waals surface area contributed by atoms with Crippen LogP contribution in [0.5, 0.6) is 0 Å². The summed E-state index contributed by atoms with van der Waals surface area (Å²) in [6.07, 6.45) is 0.298. The Bertz CT molecular complexity index is 815. The minimum absolute atomic E-state index is 0.102.